The molecule has 0 atom stereocenters. The number of H-pyrrole nitrogens is 2. The molecule has 0 amide bonds. The first-order valence-corrected chi connectivity index (χ1v) is 18.1. The third kappa shape index (κ3) is 6.77. The van der Waals surface area contributed by atoms with Crippen LogP contribution >= 0.6 is 46.4 Å². The van der Waals surface area contributed by atoms with Crippen LogP contribution in [0.3, 0.4) is 0 Å². The van der Waals surface area contributed by atoms with Crippen molar-refractivity contribution in [2.24, 2.45) is 0 Å². The summed E-state index contributed by atoms with van der Waals surface area (Å²) in [6, 6.07) is 39.8. The number of nitrogens with one attached hydrogen (secondary N) is 2. The van der Waals surface area contributed by atoms with Gasteiger partial charge in [-0.3, -0.25) is 0 Å². The van der Waals surface area contributed by atoms with E-state index in [1.165, 1.54) is 0 Å². The van der Waals surface area contributed by atoms with Crippen LogP contribution < -0.4 is 0 Å². The van der Waals surface area contributed by atoms with Gasteiger partial charge in [-0.05, 0) is 119 Å². The molecule has 4 aromatic carbocycles. The van der Waals surface area contributed by atoms with Crippen LogP contribution in [-0.4, -0.2) is 19.9 Å². The predicted molar refractivity (Wildman–Crippen MR) is 221 cm³/mol. The number of aromatic amines is 2. The summed E-state index contributed by atoms with van der Waals surface area (Å²) >= 11 is 25.5. The van der Waals surface area contributed by atoms with E-state index in [9.17, 15) is 0 Å². The Labute approximate surface area is 336 Å². The van der Waals surface area contributed by atoms with E-state index in [-0.39, 0.29) is 17.1 Å². The van der Waals surface area contributed by atoms with Crippen LogP contribution in [0.5, 0.6) is 0 Å². The molecule has 256 valence electrons. The van der Waals surface area contributed by atoms with E-state index in [1.54, 1.807) is 0 Å². The first kappa shape index (κ1) is 35.2. The Balaban J connectivity index is 0.00000400. The van der Waals surface area contributed by atoms with Gasteiger partial charge in [-0.2, -0.15) is 0 Å². The molecule has 0 aliphatic carbocycles. The quantitative estimate of drug-likeness (QED) is 0.174. The number of hydrogen-bond donors (Lipinski definition) is 2. The third-order valence-electron chi connectivity index (χ3n) is 9.29. The average molecular weight is 808 g/mol. The minimum absolute atomic E-state index is 0. The average Bonchev–Trinajstić information content (AvgIpc) is 3.99. The molecule has 8 bridgehead atoms. The van der Waals surface area contributed by atoms with E-state index in [0.29, 0.717) is 20.1 Å². The molecule has 0 unspecified atom stereocenters. The molecule has 3 aromatic heterocycles. The second-order valence-corrected chi connectivity index (χ2v) is 14.3. The second kappa shape index (κ2) is 14.5. The van der Waals surface area contributed by atoms with Gasteiger partial charge < -0.3 is 9.97 Å². The van der Waals surface area contributed by atoms with Gasteiger partial charge in [-0.25, -0.2) is 9.97 Å². The summed E-state index contributed by atoms with van der Waals surface area (Å²) < 4.78 is 0. The van der Waals surface area contributed by atoms with Crippen molar-refractivity contribution < 1.29 is 17.1 Å². The standard InChI is InChI=1S/C44H26Cl4N4.Fe/c45-29-9-1-25(2-10-29)41-33-17-19-35(49-33)42(26-3-11-30(46)12-4-26)37-21-23-39(51-37)44(28-7-15-32(48)16-8-28)40-24-22-38(52-40)43(36-20-18-34(41)50-36)27-5-13-31(47)14-6-27;/h1-24,49,52H;/q;+2. The summed E-state index contributed by atoms with van der Waals surface area (Å²) in [6.07, 6.45) is 8.27. The summed E-state index contributed by atoms with van der Waals surface area (Å²) in [5.74, 6) is 0. The fraction of sp³-hybridized carbons (Fsp3) is 0. The van der Waals surface area contributed by atoms with Crippen molar-refractivity contribution in [3.63, 3.8) is 0 Å². The van der Waals surface area contributed by atoms with Crippen molar-refractivity contribution in [2.75, 3.05) is 0 Å². The van der Waals surface area contributed by atoms with Gasteiger partial charge in [0.05, 0.1) is 22.8 Å². The number of hydrogen-bond acceptors (Lipinski definition) is 2. The van der Waals surface area contributed by atoms with E-state index in [4.69, 9.17) is 56.4 Å². The van der Waals surface area contributed by atoms with Crippen LogP contribution in [0.4, 0.5) is 0 Å². The molecule has 4 nitrogen and oxygen atoms in total. The van der Waals surface area contributed by atoms with E-state index in [1.807, 2.05) is 97.1 Å². The number of aromatic nitrogens is 4. The monoisotopic (exact) mass is 806 g/mol. The van der Waals surface area contributed by atoms with Gasteiger partial charge in [0.25, 0.3) is 0 Å². The molecular formula is C44H26Cl4FeN4+2. The van der Waals surface area contributed by atoms with Crippen molar-refractivity contribution in [1.82, 2.24) is 19.9 Å². The smallest absolute Gasteiger partial charge is 0.354 e. The van der Waals surface area contributed by atoms with Gasteiger partial charge in [-0.15, -0.1) is 0 Å². The van der Waals surface area contributed by atoms with Crippen LogP contribution in [0.15, 0.2) is 121 Å². The third-order valence-corrected chi connectivity index (χ3v) is 10.3. The molecular weight excluding hydrogens is 782 g/mol. The summed E-state index contributed by atoms with van der Waals surface area (Å²) in [4.78, 5) is 18.1. The molecule has 53 heavy (non-hydrogen) atoms. The Hall–Kier alpha value is -4.84. The SMILES string of the molecule is Clc1ccc(-c2c3nc(c(-c4ccc(Cl)cc4)c4ccc([nH]4)c(-c4ccc(Cl)cc4)c4nc(c(-c5ccc(Cl)cc5)c5ccc2[nH]5)C=C4)C=C3)cc1.[Fe+2]. The first-order valence-electron chi connectivity index (χ1n) is 16.6. The minimum Gasteiger partial charge on any atom is -0.354 e. The zero-order chi connectivity index (χ0) is 35.3. The fourth-order valence-corrected chi connectivity index (χ4v) is 7.39. The zero-order valence-electron chi connectivity index (χ0n) is 27.6. The number of fused-ring (bicyclic) bond motifs is 8. The maximum absolute atomic E-state index is 6.37. The molecule has 2 N–H and O–H groups in total. The molecule has 2 aliphatic heterocycles. The van der Waals surface area contributed by atoms with Crippen molar-refractivity contribution in [3.8, 4) is 44.5 Å². The van der Waals surface area contributed by atoms with Crippen molar-refractivity contribution in [3.05, 3.63) is 164 Å². The van der Waals surface area contributed by atoms with E-state index in [2.05, 4.69) is 58.5 Å². The largest absolute Gasteiger partial charge is 2.00 e. The Morgan fingerprint density at radius 2 is 0.509 bits per heavy atom. The number of rotatable bonds is 4. The maximum Gasteiger partial charge on any atom is 2.00 e. The van der Waals surface area contributed by atoms with Gasteiger partial charge in [-0.1, -0.05) is 94.9 Å². The summed E-state index contributed by atoms with van der Waals surface area (Å²) in [5.41, 5.74) is 14.5. The Bertz CT molecular complexity index is 2370. The van der Waals surface area contributed by atoms with Crippen LogP contribution in [0.25, 0.3) is 90.9 Å². The molecule has 9 rings (SSSR count). The topological polar surface area (TPSA) is 57.4 Å². The number of nitrogens with zero attached hydrogens (tertiary/aromatic N) is 2. The normalized spacial score (nSPS) is 11.8. The Kier molecular flexibility index (Phi) is 9.65. The molecule has 0 radical (unpaired) electrons. The van der Waals surface area contributed by atoms with Crippen LogP contribution in [0.2, 0.25) is 20.1 Å². The summed E-state index contributed by atoms with van der Waals surface area (Å²) in [5, 5.41) is 2.64. The van der Waals surface area contributed by atoms with Crippen molar-refractivity contribution >= 4 is 92.8 Å². The van der Waals surface area contributed by atoms with E-state index >= 15 is 0 Å². The van der Waals surface area contributed by atoms with Gasteiger partial charge in [0.2, 0.25) is 0 Å². The zero-order valence-corrected chi connectivity index (χ0v) is 31.7. The van der Waals surface area contributed by atoms with Crippen LogP contribution in [0, 0.1) is 0 Å². The van der Waals surface area contributed by atoms with Crippen LogP contribution in [0.1, 0.15) is 22.8 Å². The second-order valence-electron chi connectivity index (χ2n) is 12.5. The number of halogens is 4. The fourth-order valence-electron chi connectivity index (χ4n) is 6.89. The molecule has 2 aliphatic rings. The van der Waals surface area contributed by atoms with Gasteiger partial charge in [0, 0.05) is 64.4 Å². The first-order chi connectivity index (χ1) is 25.4. The summed E-state index contributed by atoms with van der Waals surface area (Å²) in [7, 11) is 0. The minimum atomic E-state index is 0. The molecule has 0 spiro atoms. The van der Waals surface area contributed by atoms with Crippen LogP contribution in [-0.2, 0) is 17.1 Å². The van der Waals surface area contributed by atoms with Gasteiger partial charge >= 0.3 is 17.1 Å². The molecule has 0 saturated heterocycles. The van der Waals surface area contributed by atoms with Gasteiger partial charge in [0.1, 0.15) is 0 Å². The van der Waals surface area contributed by atoms with Crippen molar-refractivity contribution in [2.45, 2.75) is 0 Å². The molecule has 5 heterocycles. The Morgan fingerprint density at radius 3 is 0.717 bits per heavy atom. The number of benzene rings is 4. The predicted octanol–water partition coefficient (Wildman–Crippen LogP) is 13.9. The van der Waals surface area contributed by atoms with E-state index < -0.39 is 0 Å². The van der Waals surface area contributed by atoms with E-state index in [0.717, 1.165) is 89.4 Å². The maximum atomic E-state index is 6.37. The molecule has 0 fully saturated rings. The Morgan fingerprint density at radius 1 is 0.302 bits per heavy atom. The molecule has 9 heteroatoms. The molecule has 7 aromatic rings. The van der Waals surface area contributed by atoms with Crippen molar-refractivity contribution in [1.29, 1.82) is 0 Å². The van der Waals surface area contributed by atoms with Gasteiger partial charge in [0.15, 0.2) is 0 Å². The molecule has 0 saturated carbocycles. The summed E-state index contributed by atoms with van der Waals surface area (Å²) in [6.45, 7) is 0.